The Bertz CT molecular complexity index is 492. The van der Waals surface area contributed by atoms with E-state index >= 15 is 0 Å². The molecule has 0 atom stereocenters. The van der Waals surface area contributed by atoms with E-state index in [1.807, 2.05) is 18.2 Å². The van der Waals surface area contributed by atoms with Crippen LogP contribution in [0.1, 0.15) is 82.6 Å². The highest BCUT2D eigenvalue weighted by Gasteiger charge is 2.06. The van der Waals surface area contributed by atoms with Crippen LogP contribution >= 0.6 is 0 Å². The van der Waals surface area contributed by atoms with Gasteiger partial charge in [-0.25, -0.2) is 0 Å². The van der Waals surface area contributed by atoms with Gasteiger partial charge in [0.15, 0.2) is 0 Å². The van der Waals surface area contributed by atoms with Crippen molar-refractivity contribution in [3.63, 3.8) is 0 Å². The first-order chi connectivity index (χ1) is 14.3. The van der Waals surface area contributed by atoms with Crippen LogP contribution in [-0.4, -0.2) is 43.8 Å². The monoisotopic (exact) mass is 410 g/mol. The van der Waals surface area contributed by atoms with E-state index in [2.05, 4.69) is 0 Å². The zero-order valence-electron chi connectivity index (χ0n) is 18.4. The van der Waals surface area contributed by atoms with Gasteiger partial charge < -0.3 is 24.4 Å². The Balaban J connectivity index is 2.16. The Morgan fingerprint density at radius 2 is 1.21 bits per heavy atom. The molecule has 0 amide bonds. The molecular weight excluding hydrogens is 368 g/mol. The average Bonchev–Trinajstić information content (AvgIpc) is 2.75. The number of hydrogen-bond donors (Lipinski definition) is 2. The van der Waals surface area contributed by atoms with Gasteiger partial charge in [-0.3, -0.25) is 0 Å². The topological polar surface area (TPSA) is 68.2 Å². The molecule has 0 radical (unpaired) electrons. The molecule has 5 nitrogen and oxygen atoms in total. The maximum atomic E-state index is 9.64. The molecule has 0 saturated carbocycles. The van der Waals surface area contributed by atoms with E-state index < -0.39 is 0 Å². The van der Waals surface area contributed by atoms with E-state index in [9.17, 15) is 5.11 Å². The first kappa shape index (κ1) is 25.7. The fourth-order valence-corrected chi connectivity index (χ4v) is 3.26. The van der Waals surface area contributed by atoms with E-state index in [1.54, 1.807) is 7.11 Å². The van der Waals surface area contributed by atoms with Gasteiger partial charge in [0.1, 0.15) is 11.5 Å². The standard InChI is InChI=1S/C24H42O5/c1-27-17-11-7-4-5-9-13-19-29-24-15-14-23(20-22(24)21-26)28-18-12-8-3-2-6-10-16-25/h14-15,20,25-26H,2-13,16-19,21H2,1H3. The molecule has 5 heteroatoms. The number of methoxy groups -OCH3 is 1. The van der Waals surface area contributed by atoms with Crippen LogP contribution in [0.2, 0.25) is 0 Å². The minimum Gasteiger partial charge on any atom is -0.494 e. The van der Waals surface area contributed by atoms with Gasteiger partial charge in [-0.1, -0.05) is 51.4 Å². The molecule has 0 unspecified atom stereocenters. The average molecular weight is 411 g/mol. The number of benzene rings is 1. The van der Waals surface area contributed by atoms with Gasteiger partial charge in [0, 0.05) is 25.9 Å². The summed E-state index contributed by atoms with van der Waals surface area (Å²) in [6.07, 6.45) is 13.6. The normalized spacial score (nSPS) is 11.0. The van der Waals surface area contributed by atoms with Gasteiger partial charge in [0.2, 0.25) is 0 Å². The zero-order valence-corrected chi connectivity index (χ0v) is 18.4. The first-order valence-electron chi connectivity index (χ1n) is 11.4. The molecule has 2 N–H and O–H groups in total. The summed E-state index contributed by atoms with van der Waals surface area (Å²) >= 11 is 0. The fraction of sp³-hybridized carbons (Fsp3) is 0.750. The molecule has 1 rings (SSSR count). The maximum Gasteiger partial charge on any atom is 0.125 e. The summed E-state index contributed by atoms with van der Waals surface area (Å²) in [5.74, 6) is 1.54. The third-order valence-corrected chi connectivity index (χ3v) is 5.02. The molecule has 29 heavy (non-hydrogen) atoms. The molecule has 1 aromatic rings. The van der Waals surface area contributed by atoms with Crippen molar-refractivity contribution >= 4 is 0 Å². The quantitative estimate of drug-likeness (QED) is 0.287. The van der Waals surface area contributed by atoms with Crippen molar-refractivity contribution in [3.05, 3.63) is 23.8 Å². The smallest absolute Gasteiger partial charge is 0.125 e. The van der Waals surface area contributed by atoms with Crippen molar-refractivity contribution in [2.24, 2.45) is 0 Å². The van der Waals surface area contributed by atoms with Crippen molar-refractivity contribution in [3.8, 4) is 11.5 Å². The minimum atomic E-state index is -0.0448. The summed E-state index contributed by atoms with van der Waals surface area (Å²) in [7, 11) is 1.75. The number of rotatable bonds is 20. The van der Waals surface area contributed by atoms with Gasteiger partial charge >= 0.3 is 0 Å². The van der Waals surface area contributed by atoms with Gasteiger partial charge in [0.25, 0.3) is 0 Å². The second kappa shape index (κ2) is 18.7. The lowest BCUT2D eigenvalue weighted by molar-refractivity contribution is 0.191. The van der Waals surface area contributed by atoms with Crippen LogP contribution < -0.4 is 9.47 Å². The highest BCUT2D eigenvalue weighted by Crippen LogP contribution is 2.25. The highest BCUT2D eigenvalue weighted by molar-refractivity contribution is 5.39. The van der Waals surface area contributed by atoms with Gasteiger partial charge in [-0.2, -0.15) is 0 Å². The van der Waals surface area contributed by atoms with E-state index in [1.165, 1.54) is 38.5 Å². The Hall–Kier alpha value is -1.30. The molecule has 168 valence electrons. The Kier molecular flexibility index (Phi) is 16.6. The fourth-order valence-electron chi connectivity index (χ4n) is 3.26. The van der Waals surface area contributed by atoms with Crippen LogP contribution in [0.25, 0.3) is 0 Å². The molecule has 0 fully saturated rings. The largest absolute Gasteiger partial charge is 0.494 e. The van der Waals surface area contributed by atoms with Crippen LogP contribution in [0.4, 0.5) is 0 Å². The van der Waals surface area contributed by atoms with Gasteiger partial charge in [0.05, 0.1) is 19.8 Å². The molecule has 0 saturated heterocycles. The molecule has 0 heterocycles. The predicted molar refractivity (Wildman–Crippen MR) is 118 cm³/mol. The lowest BCUT2D eigenvalue weighted by Crippen LogP contribution is -2.02. The highest BCUT2D eigenvalue weighted by atomic mass is 16.5. The van der Waals surface area contributed by atoms with Gasteiger partial charge in [-0.05, 0) is 43.9 Å². The summed E-state index contributed by atoms with van der Waals surface area (Å²) in [6, 6.07) is 5.71. The Labute approximate surface area is 177 Å². The summed E-state index contributed by atoms with van der Waals surface area (Å²) < 4.78 is 16.7. The Morgan fingerprint density at radius 1 is 0.655 bits per heavy atom. The van der Waals surface area contributed by atoms with Crippen molar-refractivity contribution < 1.29 is 24.4 Å². The number of hydrogen-bond acceptors (Lipinski definition) is 5. The number of aliphatic hydroxyl groups excluding tert-OH is 2. The van der Waals surface area contributed by atoms with Crippen LogP contribution in [0.15, 0.2) is 18.2 Å². The number of aliphatic hydroxyl groups is 2. The maximum absolute atomic E-state index is 9.64. The van der Waals surface area contributed by atoms with E-state index in [0.717, 1.165) is 62.2 Å². The number of unbranched alkanes of at least 4 members (excludes halogenated alkanes) is 10. The lowest BCUT2D eigenvalue weighted by Gasteiger charge is -2.13. The SMILES string of the molecule is COCCCCCCCCOc1ccc(OCCCCCCCCO)cc1CO. The first-order valence-corrected chi connectivity index (χ1v) is 11.4. The summed E-state index contributed by atoms with van der Waals surface area (Å²) in [5, 5.41) is 18.4. The van der Waals surface area contributed by atoms with Crippen LogP contribution in [-0.2, 0) is 11.3 Å². The van der Waals surface area contributed by atoms with E-state index in [4.69, 9.17) is 19.3 Å². The molecule has 0 aliphatic carbocycles. The van der Waals surface area contributed by atoms with E-state index in [-0.39, 0.29) is 6.61 Å². The zero-order chi connectivity index (χ0) is 21.0. The molecule has 1 aromatic carbocycles. The third kappa shape index (κ3) is 13.5. The minimum absolute atomic E-state index is 0.0448. The van der Waals surface area contributed by atoms with Crippen LogP contribution in [0.3, 0.4) is 0 Å². The van der Waals surface area contributed by atoms with Crippen molar-refractivity contribution in [2.75, 3.05) is 33.5 Å². The molecule has 0 bridgehead atoms. The molecule has 0 spiro atoms. The van der Waals surface area contributed by atoms with Crippen molar-refractivity contribution in [1.82, 2.24) is 0 Å². The van der Waals surface area contributed by atoms with E-state index in [0.29, 0.717) is 19.8 Å². The summed E-state index contributed by atoms with van der Waals surface area (Å²) in [4.78, 5) is 0. The molecule has 0 aliphatic heterocycles. The van der Waals surface area contributed by atoms with Crippen molar-refractivity contribution in [2.45, 2.75) is 83.7 Å². The van der Waals surface area contributed by atoms with Crippen molar-refractivity contribution in [1.29, 1.82) is 0 Å². The second-order valence-electron chi connectivity index (χ2n) is 7.58. The predicted octanol–water partition coefficient (Wildman–Crippen LogP) is 5.26. The summed E-state index contributed by atoms with van der Waals surface area (Å²) in [5.41, 5.74) is 0.783. The van der Waals surface area contributed by atoms with Crippen LogP contribution in [0.5, 0.6) is 11.5 Å². The molecule has 0 aromatic heterocycles. The molecule has 0 aliphatic rings. The lowest BCUT2D eigenvalue weighted by atomic mass is 10.1. The molecular formula is C24H42O5. The Morgan fingerprint density at radius 3 is 1.79 bits per heavy atom. The van der Waals surface area contributed by atoms with Crippen LogP contribution in [0, 0.1) is 0 Å². The number of ether oxygens (including phenoxy) is 3. The second-order valence-corrected chi connectivity index (χ2v) is 7.58. The third-order valence-electron chi connectivity index (χ3n) is 5.02. The summed E-state index contributed by atoms with van der Waals surface area (Å²) in [6.45, 7) is 2.48. The van der Waals surface area contributed by atoms with Gasteiger partial charge in [-0.15, -0.1) is 0 Å².